The van der Waals surface area contributed by atoms with Crippen molar-refractivity contribution < 1.29 is 14.7 Å². The van der Waals surface area contributed by atoms with E-state index in [9.17, 15) is 14.7 Å². The van der Waals surface area contributed by atoms with Crippen LogP contribution in [0.15, 0.2) is 0 Å². The van der Waals surface area contributed by atoms with Crippen molar-refractivity contribution in [1.82, 2.24) is 15.5 Å². The highest BCUT2D eigenvalue weighted by molar-refractivity contribution is 5.82. The fraction of sp³-hybridized carbons (Fsp3) is 0.833. The first-order chi connectivity index (χ1) is 9.06. The van der Waals surface area contributed by atoms with Gasteiger partial charge >= 0.3 is 6.03 Å². The van der Waals surface area contributed by atoms with Crippen LogP contribution in [-0.2, 0) is 4.79 Å². The topological polar surface area (TPSA) is 108 Å². The number of nitrogens with zero attached hydrogens (tertiary/aromatic N) is 1. The van der Waals surface area contributed by atoms with Gasteiger partial charge in [0.25, 0.3) is 0 Å². The maximum atomic E-state index is 12.3. The van der Waals surface area contributed by atoms with E-state index in [4.69, 9.17) is 5.73 Å². The van der Waals surface area contributed by atoms with Crippen LogP contribution in [0.25, 0.3) is 0 Å². The van der Waals surface area contributed by atoms with E-state index in [2.05, 4.69) is 10.6 Å². The normalized spacial score (nSPS) is 31.2. The lowest BCUT2D eigenvalue weighted by molar-refractivity contribution is -0.135. The van der Waals surface area contributed by atoms with E-state index in [-0.39, 0.29) is 17.9 Å². The lowest BCUT2D eigenvalue weighted by Gasteiger charge is -2.34. The van der Waals surface area contributed by atoms with Crippen LogP contribution >= 0.6 is 0 Å². The number of carbonyl (C=O) groups is 2. The molecule has 7 nitrogen and oxygen atoms in total. The smallest absolute Gasteiger partial charge is 0.312 e. The Balaban J connectivity index is 1.83. The quantitative estimate of drug-likeness (QED) is 0.506. The van der Waals surface area contributed by atoms with Crippen molar-refractivity contribution in [2.24, 2.45) is 11.7 Å². The molecule has 2 fully saturated rings. The molecule has 0 saturated carbocycles. The molecule has 3 amide bonds. The van der Waals surface area contributed by atoms with Crippen LogP contribution in [0.5, 0.6) is 0 Å². The zero-order valence-corrected chi connectivity index (χ0v) is 11.0. The maximum Gasteiger partial charge on any atom is 0.312 e. The van der Waals surface area contributed by atoms with Gasteiger partial charge in [0, 0.05) is 26.2 Å². The van der Waals surface area contributed by atoms with E-state index in [0.717, 1.165) is 19.4 Å². The largest absolute Gasteiger partial charge is 0.392 e. The summed E-state index contributed by atoms with van der Waals surface area (Å²) in [5, 5.41) is 15.1. The molecule has 108 valence electrons. The number of primary amides is 1. The predicted molar refractivity (Wildman–Crippen MR) is 69.3 cm³/mol. The van der Waals surface area contributed by atoms with Gasteiger partial charge in [-0.15, -0.1) is 0 Å². The highest BCUT2D eigenvalue weighted by Crippen LogP contribution is 2.18. The Hall–Kier alpha value is -1.34. The van der Waals surface area contributed by atoms with Crippen LogP contribution in [0.3, 0.4) is 0 Å². The number of likely N-dealkylation sites (tertiary alicyclic amines) is 1. The maximum absolute atomic E-state index is 12.3. The number of aliphatic hydroxyl groups is 1. The summed E-state index contributed by atoms with van der Waals surface area (Å²) in [6.07, 6.45) is 1.99. The van der Waals surface area contributed by atoms with Gasteiger partial charge in [-0.25, -0.2) is 4.79 Å². The third-order valence-corrected chi connectivity index (χ3v) is 3.80. The first kappa shape index (κ1) is 14.1. The van der Waals surface area contributed by atoms with Crippen molar-refractivity contribution in [2.45, 2.75) is 31.4 Å². The second-order valence-corrected chi connectivity index (χ2v) is 5.39. The standard InChI is InChI=1S/C12H22N4O3/c13-12(19)15-5-8-2-1-3-16(7-8)11(18)10-4-9(17)6-14-10/h8-10,14,17H,1-7H2,(H3,13,15,19). The third-order valence-electron chi connectivity index (χ3n) is 3.80. The lowest BCUT2D eigenvalue weighted by atomic mass is 9.97. The molecular weight excluding hydrogens is 248 g/mol. The molecule has 2 rings (SSSR count). The van der Waals surface area contributed by atoms with Crippen LogP contribution in [0, 0.1) is 5.92 Å². The third kappa shape index (κ3) is 3.81. The van der Waals surface area contributed by atoms with Crippen LogP contribution in [-0.4, -0.2) is 60.3 Å². The number of urea groups is 1. The first-order valence-corrected chi connectivity index (χ1v) is 6.80. The molecule has 3 unspecified atom stereocenters. The Morgan fingerprint density at radius 1 is 1.47 bits per heavy atom. The highest BCUT2D eigenvalue weighted by Gasteiger charge is 2.33. The van der Waals surface area contributed by atoms with Gasteiger partial charge in [-0.05, 0) is 25.2 Å². The summed E-state index contributed by atoms with van der Waals surface area (Å²) in [5.74, 6) is 0.317. The average Bonchev–Trinajstić information content (AvgIpc) is 2.82. The van der Waals surface area contributed by atoms with Crippen LogP contribution in [0.2, 0.25) is 0 Å². The highest BCUT2D eigenvalue weighted by atomic mass is 16.3. The molecule has 2 heterocycles. The van der Waals surface area contributed by atoms with Crippen molar-refractivity contribution in [3.05, 3.63) is 0 Å². The van der Waals surface area contributed by atoms with Crippen molar-refractivity contribution in [1.29, 1.82) is 0 Å². The van der Waals surface area contributed by atoms with Crippen molar-refractivity contribution in [3.63, 3.8) is 0 Å². The Morgan fingerprint density at radius 3 is 2.89 bits per heavy atom. The molecule has 0 spiro atoms. The Morgan fingerprint density at radius 2 is 2.26 bits per heavy atom. The van der Waals surface area contributed by atoms with E-state index >= 15 is 0 Å². The van der Waals surface area contributed by atoms with E-state index < -0.39 is 12.1 Å². The molecule has 2 saturated heterocycles. The Bertz CT molecular complexity index is 350. The van der Waals surface area contributed by atoms with E-state index in [0.29, 0.717) is 26.1 Å². The van der Waals surface area contributed by atoms with E-state index in [1.54, 1.807) is 0 Å². The van der Waals surface area contributed by atoms with Crippen molar-refractivity contribution >= 4 is 11.9 Å². The van der Waals surface area contributed by atoms with Gasteiger partial charge < -0.3 is 26.4 Å². The van der Waals surface area contributed by atoms with Crippen LogP contribution < -0.4 is 16.4 Å². The van der Waals surface area contributed by atoms with Gasteiger partial charge in [0.05, 0.1) is 12.1 Å². The van der Waals surface area contributed by atoms with Crippen molar-refractivity contribution in [3.8, 4) is 0 Å². The first-order valence-electron chi connectivity index (χ1n) is 6.80. The number of nitrogens with two attached hydrogens (primary N) is 1. The zero-order valence-electron chi connectivity index (χ0n) is 11.0. The molecule has 0 aromatic rings. The minimum atomic E-state index is -0.524. The lowest BCUT2D eigenvalue weighted by Crippen LogP contribution is -2.49. The number of carbonyl (C=O) groups excluding carboxylic acids is 2. The number of β-amino-alcohol motifs (C(OH)–C–C–N with tert-alkyl or cyclic N) is 1. The van der Waals surface area contributed by atoms with Gasteiger partial charge in [0.15, 0.2) is 0 Å². The summed E-state index contributed by atoms with van der Waals surface area (Å²) < 4.78 is 0. The van der Waals surface area contributed by atoms with Crippen molar-refractivity contribution in [2.75, 3.05) is 26.2 Å². The van der Waals surface area contributed by atoms with Gasteiger partial charge in [-0.2, -0.15) is 0 Å². The molecule has 3 atom stereocenters. The molecule has 0 bridgehead atoms. The molecule has 2 aliphatic heterocycles. The number of rotatable bonds is 3. The van der Waals surface area contributed by atoms with Crippen LogP contribution in [0.4, 0.5) is 4.79 Å². The Labute approximate surface area is 112 Å². The van der Waals surface area contributed by atoms with E-state index in [1.807, 2.05) is 4.90 Å². The average molecular weight is 270 g/mol. The number of hydrogen-bond acceptors (Lipinski definition) is 4. The summed E-state index contributed by atoms with van der Waals surface area (Å²) in [7, 11) is 0. The fourth-order valence-electron chi connectivity index (χ4n) is 2.80. The van der Waals surface area contributed by atoms with Gasteiger partial charge in [-0.3, -0.25) is 4.79 Å². The number of amides is 3. The van der Waals surface area contributed by atoms with Crippen LogP contribution in [0.1, 0.15) is 19.3 Å². The molecule has 2 aliphatic rings. The second kappa shape index (κ2) is 6.21. The SMILES string of the molecule is NC(=O)NCC1CCCN(C(=O)C2CC(O)CN2)C1. The number of hydrogen-bond donors (Lipinski definition) is 4. The molecule has 0 radical (unpaired) electrons. The molecule has 19 heavy (non-hydrogen) atoms. The number of aliphatic hydroxyl groups excluding tert-OH is 1. The fourth-order valence-corrected chi connectivity index (χ4v) is 2.80. The monoisotopic (exact) mass is 270 g/mol. The summed E-state index contributed by atoms with van der Waals surface area (Å²) in [5.41, 5.74) is 5.05. The summed E-state index contributed by atoms with van der Waals surface area (Å²) in [4.78, 5) is 24.8. The number of nitrogens with one attached hydrogen (secondary N) is 2. The second-order valence-electron chi connectivity index (χ2n) is 5.39. The summed E-state index contributed by atoms with van der Waals surface area (Å²) >= 11 is 0. The van der Waals surface area contributed by atoms with Gasteiger partial charge in [0.2, 0.25) is 5.91 Å². The van der Waals surface area contributed by atoms with E-state index in [1.165, 1.54) is 0 Å². The zero-order chi connectivity index (χ0) is 13.8. The molecular formula is C12H22N4O3. The molecule has 0 aromatic heterocycles. The molecule has 0 aromatic carbocycles. The minimum Gasteiger partial charge on any atom is -0.392 e. The molecule has 5 N–H and O–H groups in total. The van der Waals surface area contributed by atoms with Gasteiger partial charge in [0.1, 0.15) is 0 Å². The molecule has 7 heteroatoms. The Kier molecular flexibility index (Phi) is 4.60. The van der Waals surface area contributed by atoms with Gasteiger partial charge in [-0.1, -0.05) is 0 Å². The summed E-state index contributed by atoms with van der Waals surface area (Å²) in [6, 6.07) is -0.790. The predicted octanol–water partition coefficient (Wildman–Crippen LogP) is -1.38. The molecule has 0 aliphatic carbocycles. The summed E-state index contributed by atoms with van der Waals surface area (Å²) in [6.45, 7) is 2.39. The minimum absolute atomic E-state index is 0.0559. The number of piperidine rings is 1.